The highest BCUT2D eigenvalue weighted by molar-refractivity contribution is 6.32. The monoisotopic (exact) mass is 555 g/mol. The molecule has 2 aliphatic rings. The molecule has 7 nitrogen and oxygen atoms in total. The van der Waals surface area contributed by atoms with Crippen LogP contribution >= 0.6 is 11.6 Å². The number of hydrogen-bond donors (Lipinski definition) is 1. The highest BCUT2D eigenvalue weighted by atomic mass is 35.5. The Kier molecular flexibility index (Phi) is 10.3. The largest absolute Gasteiger partial charge is 0.490 e. The number of carbonyl (C=O) groups is 2. The summed E-state index contributed by atoms with van der Waals surface area (Å²) in [6, 6.07) is 14.6. The summed E-state index contributed by atoms with van der Waals surface area (Å²) >= 11 is 6.37. The second kappa shape index (κ2) is 13.6. The SMILES string of the molecule is CC(=O)NC1CCN(C(=O)C[C@]2(COc3cc(C)c(Cl)c(C)c3)CN(CCCc3ccccc3)CCO2)CC1. The lowest BCUT2D eigenvalue weighted by atomic mass is 9.95. The van der Waals surface area contributed by atoms with Gasteiger partial charge in [-0.1, -0.05) is 41.9 Å². The van der Waals surface area contributed by atoms with Gasteiger partial charge < -0.3 is 19.7 Å². The molecule has 4 rings (SSSR count). The van der Waals surface area contributed by atoms with Crippen molar-refractivity contribution in [3.05, 3.63) is 64.2 Å². The average molecular weight is 556 g/mol. The molecule has 212 valence electrons. The van der Waals surface area contributed by atoms with E-state index >= 15 is 0 Å². The second-order valence-corrected chi connectivity index (χ2v) is 11.5. The standard InChI is InChI=1S/C31H42ClN3O4/c1-23-18-28(19-24(2)30(23)32)38-22-31(20-29(37)35-14-11-27(12-15-35)33-25(3)36)21-34(16-17-39-31)13-7-10-26-8-5-4-6-9-26/h4-6,8-9,18-19,27H,7,10-17,20-22H2,1-3H3,(H,33,36)/t31-/m1/s1. The molecule has 1 N–H and O–H groups in total. The number of amides is 2. The Morgan fingerprint density at radius 3 is 2.46 bits per heavy atom. The summed E-state index contributed by atoms with van der Waals surface area (Å²) in [7, 11) is 0. The third-order valence-corrected chi connectivity index (χ3v) is 8.35. The van der Waals surface area contributed by atoms with Crippen molar-refractivity contribution in [2.45, 2.75) is 64.5 Å². The maximum Gasteiger partial charge on any atom is 0.225 e. The van der Waals surface area contributed by atoms with Gasteiger partial charge in [0, 0.05) is 44.2 Å². The Hall–Kier alpha value is -2.61. The maximum atomic E-state index is 13.5. The zero-order valence-corrected chi connectivity index (χ0v) is 24.3. The number of ether oxygens (including phenoxy) is 2. The maximum absolute atomic E-state index is 13.5. The van der Waals surface area contributed by atoms with Gasteiger partial charge in [-0.15, -0.1) is 0 Å². The Bertz CT molecular complexity index is 1100. The number of rotatable bonds is 10. The third-order valence-electron chi connectivity index (χ3n) is 7.75. The molecule has 39 heavy (non-hydrogen) atoms. The summed E-state index contributed by atoms with van der Waals surface area (Å²) in [6.07, 6.45) is 3.86. The molecule has 2 saturated heterocycles. The number of morpholine rings is 1. The number of piperidine rings is 1. The molecule has 0 radical (unpaired) electrons. The first-order valence-corrected chi connectivity index (χ1v) is 14.5. The van der Waals surface area contributed by atoms with E-state index in [0.717, 1.165) is 60.7 Å². The van der Waals surface area contributed by atoms with E-state index in [2.05, 4.69) is 34.5 Å². The first-order valence-electron chi connectivity index (χ1n) is 14.1. The van der Waals surface area contributed by atoms with Crippen LogP contribution in [-0.4, -0.2) is 79.2 Å². The normalized spacial score (nSPS) is 20.6. The van der Waals surface area contributed by atoms with Gasteiger partial charge in [0.05, 0.1) is 13.0 Å². The van der Waals surface area contributed by atoms with Gasteiger partial charge >= 0.3 is 0 Å². The van der Waals surface area contributed by atoms with Crippen LogP contribution in [0.1, 0.15) is 49.3 Å². The van der Waals surface area contributed by atoms with E-state index in [1.165, 1.54) is 12.5 Å². The van der Waals surface area contributed by atoms with Crippen LogP contribution in [0.3, 0.4) is 0 Å². The second-order valence-electron chi connectivity index (χ2n) is 11.1. The summed E-state index contributed by atoms with van der Waals surface area (Å²) in [6.45, 7) is 10.0. The summed E-state index contributed by atoms with van der Waals surface area (Å²) < 4.78 is 12.7. The smallest absolute Gasteiger partial charge is 0.225 e. The van der Waals surface area contributed by atoms with E-state index in [1.807, 2.05) is 36.9 Å². The van der Waals surface area contributed by atoms with Crippen LogP contribution in [0.15, 0.2) is 42.5 Å². The molecule has 2 aromatic carbocycles. The number of benzene rings is 2. The van der Waals surface area contributed by atoms with Crippen LogP contribution in [0.2, 0.25) is 5.02 Å². The van der Waals surface area contributed by atoms with Gasteiger partial charge in [0.25, 0.3) is 0 Å². The van der Waals surface area contributed by atoms with Crippen LogP contribution in [0.4, 0.5) is 0 Å². The van der Waals surface area contributed by atoms with E-state index in [9.17, 15) is 9.59 Å². The Morgan fingerprint density at radius 2 is 1.79 bits per heavy atom. The molecule has 2 aliphatic heterocycles. The number of likely N-dealkylation sites (tertiary alicyclic amines) is 1. The van der Waals surface area contributed by atoms with Crippen molar-refractivity contribution < 1.29 is 19.1 Å². The molecule has 8 heteroatoms. The Labute approximate surface area is 237 Å². The number of carbonyl (C=O) groups excluding carboxylic acids is 2. The van der Waals surface area contributed by atoms with Gasteiger partial charge in [0.1, 0.15) is 18.0 Å². The molecule has 0 unspecified atom stereocenters. The lowest BCUT2D eigenvalue weighted by Crippen LogP contribution is -2.58. The van der Waals surface area contributed by atoms with Crippen LogP contribution in [0, 0.1) is 13.8 Å². The number of hydrogen-bond acceptors (Lipinski definition) is 5. The topological polar surface area (TPSA) is 71.1 Å². The molecule has 2 heterocycles. The number of aryl methyl sites for hydroxylation is 3. The molecule has 0 aromatic heterocycles. The van der Waals surface area contributed by atoms with Gasteiger partial charge in [0.15, 0.2) is 0 Å². The summed E-state index contributed by atoms with van der Waals surface area (Å²) in [5.41, 5.74) is 2.53. The van der Waals surface area contributed by atoms with Crippen LogP contribution in [0.25, 0.3) is 0 Å². The fourth-order valence-electron chi connectivity index (χ4n) is 5.66. The Balaban J connectivity index is 1.42. The molecule has 0 saturated carbocycles. The molecule has 0 aliphatic carbocycles. The van der Waals surface area contributed by atoms with Crippen LogP contribution in [0.5, 0.6) is 5.75 Å². The van der Waals surface area contributed by atoms with Crippen molar-refractivity contribution in [3.63, 3.8) is 0 Å². The van der Waals surface area contributed by atoms with E-state index in [-0.39, 0.29) is 30.9 Å². The van der Waals surface area contributed by atoms with Crippen molar-refractivity contribution in [1.29, 1.82) is 0 Å². The van der Waals surface area contributed by atoms with Gasteiger partial charge in [-0.25, -0.2) is 0 Å². The van der Waals surface area contributed by atoms with E-state index in [4.69, 9.17) is 21.1 Å². The van der Waals surface area contributed by atoms with Crippen molar-refractivity contribution >= 4 is 23.4 Å². The van der Waals surface area contributed by atoms with Crippen LogP contribution < -0.4 is 10.1 Å². The molecular formula is C31H42ClN3O4. The quantitative estimate of drug-likeness (QED) is 0.465. The highest BCUT2D eigenvalue weighted by Gasteiger charge is 2.41. The number of nitrogens with zero attached hydrogens (tertiary/aromatic N) is 2. The van der Waals surface area contributed by atoms with Crippen molar-refractivity contribution in [3.8, 4) is 5.75 Å². The van der Waals surface area contributed by atoms with E-state index < -0.39 is 5.60 Å². The van der Waals surface area contributed by atoms with Crippen molar-refractivity contribution in [2.75, 3.05) is 45.9 Å². The third kappa shape index (κ3) is 8.44. The minimum absolute atomic E-state index is 0.0217. The first-order chi connectivity index (χ1) is 18.7. The van der Waals surface area contributed by atoms with Gasteiger partial charge in [-0.2, -0.15) is 0 Å². The minimum atomic E-state index is -0.738. The van der Waals surface area contributed by atoms with Crippen molar-refractivity contribution in [2.24, 2.45) is 0 Å². The number of nitrogens with one attached hydrogen (secondary N) is 1. The Morgan fingerprint density at radius 1 is 1.10 bits per heavy atom. The van der Waals surface area contributed by atoms with Gasteiger partial charge in [-0.05, 0) is 74.9 Å². The van der Waals surface area contributed by atoms with Gasteiger partial charge in [-0.3, -0.25) is 14.5 Å². The lowest BCUT2D eigenvalue weighted by molar-refractivity contribution is -0.156. The summed E-state index contributed by atoms with van der Waals surface area (Å²) in [5.74, 6) is 0.795. The first kappa shape index (κ1) is 29.4. The molecular weight excluding hydrogens is 514 g/mol. The molecule has 1 atom stereocenters. The number of halogens is 1. The molecule has 0 bridgehead atoms. The zero-order chi connectivity index (χ0) is 27.8. The fraction of sp³-hybridized carbons (Fsp3) is 0.548. The minimum Gasteiger partial charge on any atom is -0.490 e. The molecule has 2 amide bonds. The molecule has 2 aromatic rings. The van der Waals surface area contributed by atoms with Gasteiger partial charge in [0.2, 0.25) is 11.8 Å². The summed E-state index contributed by atoms with van der Waals surface area (Å²) in [4.78, 5) is 29.3. The molecule has 2 fully saturated rings. The highest BCUT2D eigenvalue weighted by Crippen LogP contribution is 2.29. The predicted octanol–water partition coefficient (Wildman–Crippen LogP) is 4.56. The molecule has 0 spiro atoms. The lowest BCUT2D eigenvalue weighted by Gasteiger charge is -2.43. The summed E-state index contributed by atoms with van der Waals surface area (Å²) in [5, 5.41) is 3.72. The van der Waals surface area contributed by atoms with E-state index in [0.29, 0.717) is 26.2 Å². The van der Waals surface area contributed by atoms with Crippen molar-refractivity contribution in [1.82, 2.24) is 15.1 Å². The van der Waals surface area contributed by atoms with E-state index in [1.54, 1.807) is 0 Å². The van der Waals surface area contributed by atoms with Crippen LogP contribution in [-0.2, 0) is 20.7 Å². The fourth-order valence-corrected chi connectivity index (χ4v) is 5.77. The predicted molar refractivity (Wildman–Crippen MR) is 154 cm³/mol. The average Bonchev–Trinajstić information content (AvgIpc) is 2.91. The zero-order valence-electron chi connectivity index (χ0n) is 23.5.